The monoisotopic (exact) mass is 400 g/mol. The largest absolute Gasteiger partial charge is 0.480 e. The van der Waals surface area contributed by atoms with Crippen LogP contribution in [0.3, 0.4) is 0 Å². The van der Waals surface area contributed by atoms with Crippen LogP contribution in [0.5, 0.6) is 0 Å². The molecule has 0 aliphatic heterocycles. The van der Waals surface area contributed by atoms with Gasteiger partial charge in [0.2, 0.25) is 0 Å². The Morgan fingerprint density at radius 1 is 1.04 bits per heavy atom. The highest BCUT2D eigenvalue weighted by molar-refractivity contribution is 7.80. The first-order valence-electron chi connectivity index (χ1n) is 7.67. The van der Waals surface area contributed by atoms with Crippen molar-refractivity contribution in [2.24, 2.45) is 0 Å². The summed E-state index contributed by atoms with van der Waals surface area (Å²) in [7, 11) is 0. The number of ether oxygens (including phenoxy) is 1. The Morgan fingerprint density at radius 2 is 1.54 bits per heavy atom. The predicted octanol–water partition coefficient (Wildman–Crippen LogP) is 0.391. The molecular formula is C16H20N2O6S2. The van der Waals surface area contributed by atoms with Crippen molar-refractivity contribution in [3.8, 4) is 0 Å². The van der Waals surface area contributed by atoms with Crippen LogP contribution in [0.2, 0.25) is 0 Å². The Labute approximate surface area is 161 Å². The van der Waals surface area contributed by atoms with Crippen molar-refractivity contribution < 1.29 is 29.0 Å². The third-order valence-corrected chi connectivity index (χ3v) is 3.96. The summed E-state index contributed by atoms with van der Waals surface area (Å²) in [6.07, 6.45) is 0. The van der Waals surface area contributed by atoms with Gasteiger partial charge in [0.25, 0.3) is 11.8 Å². The summed E-state index contributed by atoms with van der Waals surface area (Å²) in [5.74, 6) is -3.10. The third kappa shape index (κ3) is 6.26. The van der Waals surface area contributed by atoms with Crippen LogP contribution in [-0.2, 0) is 14.3 Å². The molecule has 0 saturated carbocycles. The van der Waals surface area contributed by atoms with Crippen LogP contribution in [0.25, 0.3) is 0 Å². The molecule has 1 aromatic carbocycles. The Balaban J connectivity index is 2.87. The zero-order valence-electron chi connectivity index (χ0n) is 14.0. The van der Waals surface area contributed by atoms with Crippen LogP contribution in [0.1, 0.15) is 27.6 Å². The number of benzene rings is 1. The Morgan fingerprint density at radius 3 is 1.96 bits per heavy atom. The molecule has 2 amide bonds. The van der Waals surface area contributed by atoms with E-state index in [4.69, 9.17) is 9.84 Å². The maximum Gasteiger partial charge on any atom is 0.329 e. The van der Waals surface area contributed by atoms with E-state index >= 15 is 0 Å². The van der Waals surface area contributed by atoms with Crippen molar-refractivity contribution in [1.82, 2.24) is 10.6 Å². The van der Waals surface area contributed by atoms with Crippen LogP contribution in [0.4, 0.5) is 0 Å². The molecule has 10 heteroatoms. The van der Waals surface area contributed by atoms with E-state index in [0.717, 1.165) is 0 Å². The second-order valence-corrected chi connectivity index (χ2v) is 5.82. The Kier molecular flexibility index (Phi) is 9.00. The molecule has 1 aromatic rings. The molecule has 0 saturated heterocycles. The van der Waals surface area contributed by atoms with Crippen LogP contribution in [0, 0.1) is 0 Å². The number of aliphatic carboxylic acids is 1. The van der Waals surface area contributed by atoms with Crippen LogP contribution in [-0.4, -0.2) is 59.1 Å². The van der Waals surface area contributed by atoms with Gasteiger partial charge in [-0.25, -0.2) is 9.59 Å². The molecule has 0 bridgehead atoms. The summed E-state index contributed by atoms with van der Waals surface area (Å²) in [5.41, 5.74) is 0.232. The fraction of sp³-hybridized carbons (Fsp3) is 0.375. The third-order valence-electron chi connectivity index (χ3n) is 3.23. The van der Waals surface area contributed by atoms with Crippen molar-refractivity contribution in [1.29, 1.82) is 0 Å². The highest BCUT2D eigenvalue weighted by Crippen LogP contribution is 2.07. The summed E-state index contributed by atoms with van der Waals surface area (Å²) in [5, 5.41) is 13.7. The number of carboxylic acid groups (broad SMARTS) is 1. The van der Waals surface area contributed by atoms with E-state index in [1.165, 1.54) is 24.3 Å². The maximum absolute atomic E-state index is 12.3. The van der Waals surface area contributed by atoms with Gasteiger partial charge >= 0.3 is 11.9 Å². The van der Waals surface area contributed by atoms with Gasteiger partial charge in [-0.05, 0) is 25.1 Å². The molecule has 1 rings (SSSR count). The molecule has 26 heavy (non-hydrogen) atoms. The average Bonchev–Trinajstić information content (AvgIpc) is 2.63. The number of rotatable bonds is 9. The summed E-state index contributed by atoms with van der Waals surface area (Å²) in [6, 6.07) is 3.58. The molecule has 8 nitrogen and oxygen atoms in total. The minimum absolute atomic E-state index is 0.0486. The second-order valence-electron chi connectivity index (χ2n) is 5.09. The predicted molar refractivity (Wildman–Crippen MR) is 101 cm³/mol. The molecule has 0 radical (unpaired) electrons. The van der Waals surface area contributed by atoms with Crippen LogP contribution in [0.15, 0.2) is 24.3 Å². The number of nitrogens with one attached hydrogen (secondary N) is 2. The normalized spacial score (nSPS) is 12.6. The molecule has 2 atom stereocenters. The smallest absolute Gasteiger partial charge is 0.329 e. The summed E-state index contributed by atoms with van der Waals surface area (Å²) >= 11 is 7.88. The lowest BCUT2D eigenvalue weighted by Gasteiger charge is -2.15. The quantitative estimate of drug-likeness (QED) is 0.302. The van der Waals surface area contributed by atoms with Crippen LogP contribution >= 0.6 is 25.3 Å². The molecule has 2 unspecified atom stereocenters. The van der Waals surface area contributed by atoms with E-state index in [1.54, 1.807) is 6.92 Å². The Hall–Kier alpha value is -2.20. The van der Waals surface area contributed by atoms with Gasteiger partial charge in [-0.3, -0.25) is 9.59 Å². The van der Waals surface area contributed by atoms with Gasteiger partial charge in [0.15, 0.2) is 0 Å². The molecule has 3 N–H and O–H groups in total. The fourth-order valence-corrected chi connectivity index (χ4v) is 2.38. The van der Waals surface area contributed by atoms with Gasteiger partial charge < -0.3 is 20.5 Å². The van der Waals surface area contributed by atoms with Gasteiger partial charge in [-0.2, -0.15) is 25.3 Å². The number of carbonyl (C=O) groups excluding carboxylic acids is 3. The van der Waals surface area contributed by atoms with E-state index in [-0.39, 0.29) is 29.2 Å². The SMILES string of the molecule is CCOC(=O)C(CS)NC(=O)c1cccc(C(=O)NC(CS)C(=O)O)c1. The first-order chi connectivity index (χ1) is 12.3. The molecular weight excluding hydrogens is 380 g/mol. The molecule has 0 aliphatic carbocycles. The first kappa shape index (κ1) is 21.8. The van der Waals surface area contributed by atoms with Crippen molar-refractivity contribution in [2.75, 3.05) is 18.1 Å². The summed E-state index contributed by atoms with van der Waals surface area (Å²) < 4.78 is 4.84. The van der Waals surface area contributed by atoms with Crippen molar-refractivity contribution in [3.63, 3.8) is 0 Å². The summed E-state index contributed by atoms with van der Waals surface area (Å²) in [4.78, 5) is 47.1. The maximum atomic E-state index is 12.3. The van der Waals surface area contributed by atoms with Crippen molar-refractivity contribution >= 4 is 49.0 Å². The number of amides is 2. The molecule has 0 aromatic heterocycles. The number of thiol groups is 2. The van der Waals surface area contributed by atoms with E-state index in [1.807, 2.05) is 0 Å². The zero-order valence-corrected chi connectivity index (χ0v) is 15.8. The molecule has 0 spiro atoms. The van der Waals surface area contributed by atoms with Gasteiger partial charge in [0.1, 0.15) is 12.1 Å². The zero-order chi connectivity index (χ0) is 19.7. The first-order valence-corrected chi connectivity index (χ1v) is 8.93. The fourth-order valence-electron chi connectivity index (χ4n) is 1.89. The highest BCUT2D eigenvalue weighted by Gasteiger charge is 2.22. The molecule has 142 valence electrons. The van der Waals surface area contributed by atoms with Gasteiger partial charge in [0.05, 0.1) is 6.61 Å². The molecule has 0 heterocycles. The number of hydrogen-bond acceptors (Lipinski definition) is 7. The van der Waals surface area contributed by atoms with E-state index in [0.29, 0.717) is 0 Å². The van der Waals surface area contributed by atoms with Crippen molar-refractivity contribution in [3.05, 3.63) is 35.4 Å². The van der Waals surface area contributed by atoms with E-state index in [2.05, 4.69) is 35.9 Å². The molecule has 0 aliphatic rings. The summed E-state index contributed by atoms with van der Waals surface area (Å²) in [6.45, 7) is 1.82. The molecule has 0 fully saturated rings. The van der Waals surface area contributed by atoms with E-state index in [9.17, 15) is 19.2 Å². The topological polar surface area (TPSA) is 122 Å². The highest BCUT2D eigenvalue weighted by atomic mass is 32.1. The minimum atomic E-state index is -1.21. The lowest BCUT2D eigenvalue weighted by Crippen LogP contribution is -2.43. The lowest BCUT2D eigenvalue weighted by molar-refractivity contribution is -0.144. The Bertz CT molecular complexity index is 682. The number of carboxylic acids is 1. The number of esters is 1. The minimum Gasteiger partial charge on any atom is -0.480 e. The van der Waals surface area contributed by atoms with Crippen molar-refractivity contribution in [2.45, 2.75) is 19.0 Å². The van der Waals surface area contributed by atoms with Gasteiger partial charge in [-0.15, -0.1) is 0 Å². The average molecular weight is 400 g/mol. The standard InChI is InChI=1S/C16H20N2O6S2/c1-2-24-16(23)12(8-26)18-14(20)10-5-3-4-9(6-10)13(19)17-11(7-25)15(21)22/h3-6,11-12,25-26H,2,7-8H2,1H3,(H,17,19)(H,18,20)(H,21,22). The van der Waals surface area contributed by atoms with Crippen LogP contribution < -0.4 is 10.6 Å². The second kappa shape index (κ2) is 10.7. The van der Waals surface area contributed by atoms with Gasteiger partial charge in [-0.1, -0.05) is 6.07 Å². The van der Waals surface area contributed by atoms with E-state index < -0.39 is 35.8 Å². The number of carbonyl (C=O) groups is 4. The van der Waals surface area contributed by atoms with Gasteiger partial charge in [0, 0.05) is 22.6 Å². The number of hydrogen-bond donors (Lipinski definition) is 5. The lowest BCUT2D eigenvalue weighted by atomic mass is 10.1.